The van der Waals surface area contributed by atoms with E-state index in [-0.39, 0.29) is 10.2 Å². The molecule has 0 unspecified atom stereocenters. The van der Waals surface area contributed by atoms with Gasteiger partial charge in [-0.15, -0.1) is 13.2 Å². The average Bonchev–Trinajstić information content (AvgIpc) is 2.42. The van der Waals surface area contributed by atoms with E-state index in [9.17, 15) is 13.2 Å². The minimum atomic E-state index is -4.69. The minimum Gasteiger partial charge on any atom is -0.405 e. The van der Waals surface area contributed by atoms with Crippen molar-refractivity contribution in [1.82, 2.24) is 10.3 Å². The molecule has 0 saturated carbocycles. The van der Waals surface area contributed by atoms with Crippen molar-refractivity contribution < 1.29 is 17.9 Å². The summed E-state index contributed by atoms with van der Waals surface area (Å²) in [5, 5.41) is 3.17. The minimum absolute atomic E-state index is 0.254. The van der Waals surface area contributed by atoms with Crippen molar-refractivity contribution in [1.29, 1.82) is 0 Å². The third-order valence-corrected chi connectivity index (χ3v) is 3.20. The standard InChI is InChI=1S/C14H12BrF3N2O/c15-12-7-10(4-5-13(12)21-14(16,17)18)8-19-9-11-3-1-2-6-20-11/h1-7,19H,8-9H2. The summed E-state index contributed by atoms with van der Waals surface area (Å²) in [6.07, 6.45) is -2.99. The number of halogens is 4. The van der Waals surface area contributed by atoms with Crippen LogP contribution in [0.15, 0.2) is 47.1 Å². The predicted octanol–water partition coefficient (Wildman–Crippen LogP) is 4.03. The van der Waals surface area contributed by atoms with Gasteiger partial charge in [0.2, 0.25) is 0 Å². The van der Waals surface area contributed by atoms with Crippen molar-refractivity contribution in [3.63, 3.8) is 0 Å². The summed E-state index contributed by atoms with van der Waals surface area (Å²) in [5.41, 5.74) is 1.74. The quantitative estimate of drug-likeness (QED) is 0.873. The molecule has 1 aromatic carbocycles. The zero-order chi connectivity index (χ0) is 15.3. The molecule has 0 bridgehead atoms. The van der Waals surface area contributed by atoms with E-state index in [0.29, 0.717) is 13.1 Å². The lowest BCUT2D eigenvalue weighted by atomic mass is 10.2. The molecule has 0 amide bonds. The monoisotopic (exact) mass is 360 g/mol. The SMILES string of the molecule is FC(F)(F)Oc1ccc(CNCc2ccccn2)cc1Br. The Morgan fingerprint density at radius 3 is 2.57 bits per heavy atom. The van der Waals surface area contributed by atoms with E-state index in [0.717, 1.165) is 11.3 Å². The number of alkyl halides is 3. The predicted molar refractivity (Wildman–Crippen MR) is 75.6 cm³/mol. The highest BCUT2D eigenvalue weighted by Crippen LogP contribution is 2.31. The number of nitrogens with zero attached hydrogens (tertiary/aromatic N) is 1. The highest BCUT2D eigenvalue weighted by Gasteiger charge is 2.31. The third kappa shape index (κ3) is 5.35. The number of hydrogen-bond acceptors (Lipinski definition) is 3. The van der Waals surface area contributed by atoms with Crippen molar-refractivity contribution in [2.45, 2.75) is 19.5 Å². The molecular weight excluding hydrogens is 349 g/mol. The molecule has 0 saturated heterocycles. The van der Waals surface area contributed by atoms with Gasteiger partial charge in [0.25, 0.3) is 0 Å². The first-order valence-corrected chi connectivity index (χ1v) is 6.88. The van der Waals surface area contributed by atoms with Crippen molar-refractivity contribution in [3.05, 3.63) is 58.3 Å². The van der Waals surface area contributed by atoms with Crippen molar-refractivity contribution in [3.8, 4) is 5.75 Å². The van der Waals surface area contributed by atoms with Gasteiger partial charge in [0.1, 0.15) is 5.75 Å². The molecule has 2 rings (SSSR count). The van der Waals surface area contributed by atoms with Crippen molar-refractivity contribution >= 4 is 15.9 Å². The van der Waals surface area contributed by atoms with Gasteiger partial charge in [-0.1, -0.05) is 12.1 Å². The molecule has 1 aromatic heterocycles. The van der Waals surface area contributed by atoms with Gasteiger partial charge in [-0.05, 0) is 45.8 Å². The summed E-state index contributed by atoms with van der Waals surface area (Å²) in [5.74, 6) is -0.254. The maximum absolute atomic E-state index is 12.1. The molecule has 0 aliphatic heterocycles. The van der Waals surface area contributed by atoms with Gasteiger partial charge in [0, 0.05) is 19.3 Å². The van der Waals surface area contributed by atoms with Crippen LogP contribution in [0, 0.1) is 0 Å². The number of rotatable bonds is 5. The second kappa shape index (κ2) is 6.91. The fraction of sp³-hybridized carbons (Fsp3) is 0.214. The van der Waals surface area contributed by atoms with Gasteiger partial charge >= 0.3 is 6.36 Å². The van der Waals surface area contributed by atoms with Crippen LogP contribution in [0.1, 0.15) is 11.3 Å². The Morgan fingerprint density at radius 1 is 1.14 bits per heavy atom. The van der Waals surface area contributed by atoms with Gasteiger partial charge < -0.3 is 10.1 Å². The van der Waals surface area contributed by atoms with Gasteiger partial charge in [-0.2, -0.15) is 0 Å². The Bertz CT molecular complexity index is 591. The smallest absolute Gasteiger partial charge is 0.405 e. The van der Waals surface area contributed by atoms with E-state index in [1.165, 1.54) is 6.07 Å². The van der Waals surface area contributed by atoms with Crippen LogP contribution in [0.2, 0.25) is 0 Å². The van der Waals surface area contributed by atoms with E-state index in [4.69, 9.17) is 0 Å². The van der Waals surface area contributed by atoms with Crippen LogP contribution in [0.3, 0.4) is 0 Å². The fourth-order valence-electron chi connectivity index (χ4n) is 1.70. The molecule has 1 heterocycles. The number of ether oxygens (including phenoxy) is 1. The lowest BCUT2D eigenvalue weighted by molar-refractivity contribution is -0.274. The molecule has 21 heavy (non-hydrogen) atoms. The van der Waals surface area contributed by atoms with Crippen LogP contribution < -0.4 is 10.1 Å². The molecule has 112 valence electrons. The van der Waals surface area contributed by atoms with E-state index in [2.05, 4.69) is 31.0 Å². The molecule has 7 heteroatoms. The molecule has 0 atom stereocenters. The molecule has 1 N–H and O–H groups in total. The van der Waals surface area contributed by atoms with Crippen LogP contribution in [0.5, 0.6) is 5.75 Å². The van der Waals surface area contributed by atoms with Gasteiger partial charge in [-0.25, -0.2) is 0 Å². The zero-order valence-electron chi connectivity index (χ0n) is 10.8. The first kappa shape index (κ1) is 15.8. The zero-order valence-corrected chi connectivity index (χ0v) is 12.4. The highest BCUT2D eigenvalue weighted by atomic mass is 79.9. The number of pyridine rings is 1. The molecule has 0 spiro atoms. The maximum atomic E-state index is 12.1. The maximum Gasteiger partial charge on any atom is 0.573 e. The first-order valence-electron chi connectivity index (χ1n) is 6.09. The molecule has 0 radical (unpaired) electrons. The van der Waals surface area contributed by atoms with E-state index in [1.807, 2.05) is 18.2 Å². The number of hydrogen-bond donors (Lipinski definition) is 1. The molecule has 0 aliphatic carbocycles. The summed E-state index contributed by atoms with van der Waals surface area (Å²) in [4.78, 5) is 4.17. The Balaban J connectivity index is 1.91. The molecule has 3 nitrogen and oxygen atoms in total. The largest absolute Gasteiger partial charge is 0.573 e. The van der Waals surface area contributed by atoms with Crippen LogP contribution in [-0.4, -0.2) is 11.3 Å². The summed E-state index contributed by atoms with van der Waals surface area (Å²) >= 11 is 3.07. The second-order valence-electron chi connectivity index (χ2n) is 4.24. The normalized spacial score (nSPS) is 11.4. The van der Waals surface area contributed by atoms with Crippen LogP contribution in [0.25, 0.3) is 0 Å². The topological polar surface area (TPSA) is 34.1 Å². The van der Waals surface area contributed by atoms with Crippen LogP contribution >= 0.6 is 15.9 Å². The van der Waals surface area contributed by atoms with Gasteiger partial charge in [-0.3, -0.25) is 4.98 Å². The molecular formula is C14H12BrF3N2O. The molecule has 0 aliphatic rings. The Morgan fingerprint density at radius 2 is 1.95 bits per heavy atom. The average molecular weight is 361 g/mol. The Kier molecular flexibility index (Phi) is 5.19. The van der Waals surface area contributed by atoms with E-state index < -0.39 is 6.36 Å². The molecule has 2 aromatic rings. The van der Waals surface area contributed by atoms with Crippen LogP contribution in [-0.2, 0) is 13.1 Å². The summed E-state index contributed by atoms with van der Waals surface area (Å²) < 4.78 is 40.6. The van der Waals surface area contributed by atoms with Gasteiger partial charge in [0.15, 0.2) is 0 Å². The van der Waals surface area contributed by atoms with Crippen LogP contribution in [0.4, 0.5) is 13.2 Å². The number of aromatic nitrogens is 1. The van der Waals surface area contributed by atoms with Gasteiger partial charge in [0.05, 0.1) is 10.2 Å². The summed E-state index contributed by atoms with van der Waals surface area (Å²) in [6.45, 7) is 1.10. The summed E-state index contributed by atoms with van der Waals surface area (Å²) in [7, 11) is 0. The lowest BCUT2D eigenvalue weighted by Crippen LogP contribution is -2.17. The van der Waals surface area contributed by atoms with Crippen molar-refractivity contribution in [2.24, 2.45) is 0 Å². The summed E-state index contributed by atoms with van der Waals surface area (Å²) in [6, 6.07) is 10.1. The number of benzene rings is 1. The Hall–Kier alpha value is -1.60. The van der Waals surface area contributed by atoms with Crippen molar-refractivity contribution in [2.75, 3.05) is 0 Å². The fourth-order valence-corrected chi connectivity index (χ4v) is 2.21. The lowest BCUT2D eigenvalue weighted by Gasteiger charge is -2.12. The van der Waals surface area contributed by atoms with E-state index in [1.54, 1.807) is 18.3 Å². The molecule has 0 fully saturated rings. The first-order chi connectivity index (χ1) is 9.94. The Labute approximate surface area is 128 Å². The second-order valence-corrected chi connectivity index (χ2v) is 5.09. The highest BCUT2D eigenvalue weighted by molar-refractivity contribution is 9.10. The number of nitrogens with one attached hydrogen (secondary N) is 1. The third-order valence-electron chi connectivity index (χ3n) is 2.58. The van der Waals surface area contributed by atoms with E-state index >= 15 is 0 Å².